The number of rotatable bonds is 6. The van der Waals surface area contributed by atoms with Gasteiger partial charge < -0.3 is 10.1 Å². The minimum Gasteiger partial charge on any atom is -0.372 e. The summed E-state index contributed by atoms with van der Waals surface area (Å²) >= 11 is 0. The molecule has 1 N–H and O–H groups in total. The molecule has 2 nitrogen and oxygen atoms in total. The summed E-state index contributed by atoms with van der Waals surface area (Å²) in [6.07, 6.45) is -0.125. The summed E-state index contributed by atoms with van der Waals surface area (Å²) in [7, 11) is 0. The Morgan fingerprint density at radius 2 is 1.56 bits per heavy atom. The van der Waals surface area contributed by atoms with E-state index in [-0.39, 0.29) is 6.10 Å². The summed E-state index contributed by atoms with van der Waals surface area (Å²) in [5.41, 5.74) is 0. The summed E-state index contributed by atoms with van der Waals surface area (Å²) in [4.78, 5) is 0. The van der Waals surface area contributed by atoms with Gasteiger partial charge in [0.1, 0.15) is 6.61 Å². The van der Waals surface area contributed by atoms with E-state index >= 15 is 0 Å². The van der Waals surface area contributed by atoms with Gasteiger partial charge in [0.05, 0.1) is 19.2 Å². The Morgan fingerprint density at radius 1 is 0.944 bits per heavy atom. The average molecular weight is 275 g/mol. The maximum atomic E-state index is 13.2. The molecule has 0 aromatic heterocycles. The van der Waals surface area contributed by atoms with Crippen molar-refractivity contribution in [3.63, 3.8) is 0 Å². The molecule has 7 heteroatoms. The third kappa shape index (κ3) is 7.10. The lowest BCUT2D eigenvalue weighted by atomic mass is 9.98. The molecule has 1 rings (SSSR count). The van der Waals surface area contributed by atoms with Gasteiger partial charge in [-0.3, -0.25) is 0 Å². The van der Waals surface area contributed by atoms with E-state index < -0.39 is 31.8 Å². The van der Waals surface area contributed by atoms with Crippen LogP contribution in [0.15, 0.2) is 0 Å². The normalized spacial score (nSPS) is 19.2. The monoisotopic (exact) mass is 275 g/mol. The van der Waals surface area contributed by atoms with Gasteiger partial charge in [0.2, 0.25) is 0 Å². The highest BCUT2D eigenvalue weighted by atomic mass is 19.4. The highest BCUT2D eigenvalue weighted by molar-refractivity contribution is 4.73. The number of nitrogens with one attached hydrogen (secondary N) is 1. The van der Waals surface area contributed by atoms with Gasteiger partial charge >= 0.3 is 6.18 Å². The van der Waals surface area contributed by atoms with Crippen molar-refractivity contribution in [3.8, 4) is 0 Å². The number of hydrogen-bond donors (Lipinski definition) is 1. The van der Waals surface area contributed by atoms with Crippen LogP contribution in [-0.4, -0.2) is 37.9 Å². The molecule has 0 unspecified atom stereocenters. The van der Waals surface area contributed by atoms with Crippen LogP contribution < -0.4 is 5.32 Å². The van der Waals surface area contributed by atoms with E-state index in [1.54, 1.807) is 5.32 Å². The summed E-state index contributed by atoms with van der Waals surface area (Å²) in [5.74, 6) is -3.26. The molecule has 1 saturated carbocycles. The second-order valence-electron chi connectivity index (χ2n) is 4.65. The van der Waals surface area contributed by atoms with E-state index in [1.807, 2.05) is 0 Å². The first-order valence-corrected chi connectivity index (χ1v) is 6.05. The van der Waals surface area contributed by atoms with Gasteiger partial charge in [-0.25, -0.2) is 8.78 Å². The van der Waals surface area contributed by atoms with Gasteiger partial charge in [0.15, 0.2) is 0 Å². The van der Waals surface area contributed by atoms with Crippen LogP contribution in [0.4, 0.5) is 22.0 Å². The van der Waals surface area contributed by atoms with Crippen LogP contribution in [0.5, 0.6) is 0 Å². The standard InChI is InChI=1S/C11H18F5NO/c12-10(13,6-17-7-11(14,15)16)8-18-9-4-2-1-3-5-9/h9,17H,1-8H2. The molecule has 0 bridgehead atoms. The number of alkyl halides is 5. The number of hydrogen-bond acceptors (Lipinski definition) is 2. The molecule has 0 aromatic rings. The Kier molecular flexibility index (Phi) is 5.78. The predicted molar refractivity (Wildman–Crippen MR) is 56.7 cm³/mol. The maximum absolute atomic E-state index is 13.2. The van der Waals surface area contributed by atoms with E-state index in [0.717, 1.165) is 32.1 Å². The van der Waals surface area contributed by atoms with Crippen molar-refractivity contribution in [2.24, 2.45) is 0 Å². The molecule has 0 spiro atoms. The second-order valence-corrected chi connectivity index (χ2v) is 4.65. The molecule has 1 fully saturated rings. The number of ether oxygens (including phenoxy) is 1. The van der Waals surface area contributed by atoms with Crippen LogP contribution in [0.1, 0.15) is 32.1 Å². The van der Waals surface area contributed by atoms with Crippen LogP contribution in [0, 0.1) is 0 Å². The van der Waals surface area contributed by atoms with Crippen molar-refractivity contribution < 1.29 is 26.7 Å². The Morgan fingerprint density at radius 3 is 2.11 bits per heavy atom. The van der Waals surface area contributed by atoms with Gasteiger partial charge in [-0.05, 0) is 12.8 Å². The maximum Gasteiger partial charge on any atom is 0.401 e. The molecule has 0 aromatic carbocycles. The van der Waals surface area contributed by atoms with Crippen molar-refractivity contribution in [3.05, 3.63) is 0 Å². The summed E-state index contributed by atoms with van der Waals surface area (Å²) in [5, 5.41) is 1.70. The van der Waals surface area contributed by atoms with Gasteiger partial charge in [-0.1, -0.05) is 19.3 Å². The molecule has 0 heterocycles. The number of halogens is 5. The van der Waals surface area contributed by atoms with Crippen LogP contribution in [0.25, 0.3) is 0 Å². The van der Waals surface area contributed by atoms with Crippen molar-refractivity contribution in [1.29, 1.82) is 0 Å². The lowest BCUT2D eigenvalue weighted by Crippen LogP contribution is -2.41. The molecule has 0 atom stereocenters. The predicted octanol–water partition coefficient (Wildman–Crippen LogP) is 3.12. The first-order chi connectivity index (χ1) is 8.29. The van der Waals surface area contributed by atoms with Crippen molar-refractivity contribution >= 4 is 0 Å². The van der Waals surface area contributed by atoms with Crippen LogP contribution in [-0.2, 0) is 4.74 Å². The van der Waals surface area contributed by atoms with Gasteiger partial charge in [0.25, 0.3) is 5.92 Å². The highest BCUT2D eigenvalue weighted by Crippen LogP contribution is 2.23. The van der Waals surface area contributed by atoms with Gasteiger partial charge in [-0.15, -0.1) is 0 Å². The van der Waals surface area contributed by atoms with Crippen molar-refractivity contribution in [2.45, 2.75) is 50.3 Å². The Hall–Kier alpha value is -0.430. The third-order valence-electron chi connectivity index (χ3n) is 2.79. The fraction of sp³-hybridized carbons (Fsp3) is 1.00. The Bertz CT molecular complexity index is 238. The molecular weight excluding hydrogens is 257 g/mol. The summed E-state index contributed by atoms with van der Waals surface area (Å²) in [6, 6.07) is 0. The molecule has 0 saturated heterocycles. The second kappa shape index (κ2) is 6.65. The molecule has 0 radical (unpaired) electrons. The van der Waals surface area contributed by atoms with E-state index in [4.69, 9.17) is 4.74 Å². The largest absolute Gasteiger partial charge is 0.401 e. The lowest BCUT2D eigenvalue weighted by molar-refractivity contribution is -0.134. The molecular formula is C11H18F5NO. The zero-order valence-corrected chi connectivity index (χ0v) is 10.0. The van der Waals surface area contributed by atoms with E-state index in [1.165, 1.54) is 0 Å². The molecule has 1 aliphatic rings. The first kappa shape index (κ1) is 15.6. The summed E-state index contributed by atoms with van der Waals surface area (Å²) in [6.45, 7) is -3.24. The van der Waals surface area contributed by atoms with Crippen molar-refractivity contribution in [2.75, 3.05) is 19.7 Å². The smallest absolute Gasteiger partial charge is 0.372 e. The topological polar surface area (TPSA) is 21.3 Å². The lowest BCUT2D eigenvalue weighted by Gasteiger charge is -2.25. The Labute approximate surface area is 103 Å². The van der Waals surface area contributed by atoms with Crippen LogP contribution >= 0.6 is 0 Å². The molecule has 108 valence electrons. The zero-order valence-electron chi connectivity index (χ0n) is 10.0. The first-order valence-electron chi connectivity index (χ1n) is 6.05. The highest BCUT2D eigenvalue weighted by Gasteiger charge is 2.33. The summed E-state index contributed by atoms with van der Waals surface area (Å²) < 4.78 is 66.8. The molecule has 18 heavy (non-hydrogen) atoms. The molecule has 1 aliphatic carbocycles. The quantitative estimate of drug-likeness (QED) is 0.752. The molecule has 0 amide bonds. The minimum atomic E-state index is -4.47. The van der Waals surface area contributed by atoms with Gasteiger partial charge in [-0.2, -0.15) is 13.2 Å². The third-order valence-corrected chi connectivity index (χ3v) is 2.79. The van der Waals surface area contributed by atoms with Crippen LogP contribution in [0.3, 0.4) is 0 Å². The Balaban J connectivity index is 2.17. The van der Waals surface area contributed by atoms with E-state index in [0.29, 0.717) is 0 Å². The van der Waals surface area contributed by atoms with Crippen molar-refractivity contribution in [1.82, 2.24) is 5.32 Å². The molecule has 0 aliphatic heterocycles. The van der Waals surface area contributed by atoms with Crippen LogP contribution in [0.2, 0.25) is 0 Å². The van der Waals surface area contributed by atoms with E-state index in [9.17, 15) is 22.0 Å². The fourth-order valence-electron chi connectivity index (χ4n) is 1.91. The van der Waals surface area contributed by atoms with Gasteiger partial charge in [0, 0.05) is 0 Å². The average Bonchev–Trinajstić information content (AvgIpc) is 2.26. The van der Waals surface area contributed by atoms with E-state index in [2.05, 4.69) is 0 Å². The fourth-order valence-corrected chi connectivity index (χ4v) is 1.91. The minimum absolute atomic E-state index is 0.174. The SMILES string of the molecule is FC(F)(F)CNCC(F)(F)COC1CCCCC1. The zero-order chi connectivity index (χ0) is 13.6.